The molecule has 0 aliphatic heterocycles. The van der Waals surface area contributed by atoms with Gasteiger partial charge >= 0.3 is 0 Å². The maximum atomic E-state index is 12.2. The number of anilines is 1. The van der Waals surface area contributed by atoms with Gasteiger partial charge in [0.15, 0.2) is 0 Å². The maximum absolute atomic E-state index is 12.2. The summed E-state index contributed by atoms with van der Waals surface area (Å²) in [7, 11) is 0. The number of carbonyl (C=O) groups excluding carboxylic acids is 2. The minimum absolute atomic E-state index is 0.0998. The monoisotopic (exact) mass is 378 g/mol. The first-order valence-corrected chi connectivity index (χ1v) is 7.99. The van der Waals surface area contributed by atoms with Crippen molar-refractivity contribution in [2.24, 2.45) is 0 Å². The molecule has 1 aromatic heterocycles. The zero-order chi connectivity index (χ0) is 17.1. The van der Waals surface area contributed by atoms with Crippen molar-refractivity contribution in [2.75, 3.05) is 11.9 Å². The Morgan fingerprint density at radius 3 is 2.39 bits per heavy atom. The van der Waals surface area contributed by atoms with Crippen molar-refractivity contribution < 1.29 is 14.0 Å². The second-order valence-corrected chi connectivity index (χ2v) is 6.32. The quantitative estimate of drug-likeness (QED) is 0.852. The summed E-state index contributed by atoms with van der Waals surface area (Å²) in [6.45, 7) is 7.17. The predicted molar refractivity (Wildman–Crippen MR) is 92.8 cm³/mol. The lowest BCUT2D eigenvalue weighted by Gasteiger charge is -2.09. The Labute approximate surface area is 143 Å². The molecule has 0 saturated carbocycles. The summed E-state index contributed by atoms with van der Waals surface area (Å²) < 4.78 is 6.38. The van der Waals surface area contributed by atoms with E-state index in [9.17, 15) is 9.59 Å². The Balaban J connectivity index is 1.97. The molecule has 2 rings (SSSR count). The number of aryl methyl sites for hydroxylation is 3. The van der Waals surface area contributed by atoms with Crippen molar-refractivity contribution in [1.82, 2.24) is 5.32 Å². The Morgan fingerprint density at radius 2 is 1.83 bits per heavy atom. The van der Waals surface area contributed by atoms with Gasteiger partial charge in [-0.15, -0.1) is 0 Å². The minimum atomic E-state index is -0.306. The number of furan rings is 1. The lowest BCUT2D eigenvalue weighted by molar-refractivity contribution is -0.115. The fourth-order valence-corrected chi connectivity index (χ4v) is 2.81. The number of amides is 2. The molecule has 1 heterocycles. The molecule has 5 nitrogen and oxygen atoms in total. The number of benzene rings is 1. The van der Waals surface area contributed by atoms with E-state index in [1.165, 1.54) is 0 Å². The number of rotatable bonds is 4. The average Bonchev–Trinajstić information content (AvgIpc) is 2.73. The van der Waals surface area contributed by atoms with Crippen LogP contribution in [0, 0.1) is 27.7 Å². The van der Waals surface area contributed by atoms with Crippen LogP contribution in [0.15, 0.2) is 27.1 Å². The second kappa shape index (κ2) is 7.00. The van der Waals surface area contributed by atoms with Crippen molar-refractivity contribution in [1.29, 1.82) is 0 Å². The Kier molecular flexibility index (Phi) is 5.26. The fourth-order valence-electron chi connectivity index (χ4n) is 2.34. The van der Waals surface area contributed by atoms with Crippen LogP contribution in [-0.4, -0.2) is 18.4 Å². The molecule has 2 amide bonds. The third kappa shape index (κ3) is 4.01. The predicted octanol–water partition coefficient (Wildman–Crippen LogP) is 3.64. The van der Waals surface area contributed by atoms with Crippen molar-refractivity contribution >= 4 is 33.4 Å². The van der Waals surface area contributed by atoms with Crippen LogP contribution in [-0.2, 0) is 4.79 Å². The van der Waals surface area contributed by atoms with Crippen molar-refractivity contribution in [3.8, 4) is 0 Å². The molecule has 0 aliphatic carbocycles. The van der Waals surface area contributed by atoms with E-state index < -0.39 is 0 Å². The maximum Gasteiger partial charge on any atom is 0.255 e. The normalized spacial score (nSPS) is 10.5. The van der Waals surface area contributed by atoms with E-state index in [1.807, 2.05) is 39.0 Å². The van der Waals surface area contributed by atoms with Crippen LogP contribution in [0.25, 0.3) is 0 Å². The Hall–Kier alpha value is -2.08. The highest BCUT2D eigenvalue weighted by atomic mass is 79.9. The molecule has 0 spiro atoms. The van der Waals surface area contributed by atoms with Gasteiger partial charge in [-0.1, -0.05) is 15.9 Å². The molecular weight excluding hydrogens is 360 g/mol. The molecule has 0 radical (unpaired) electrons. The molecule has 6 heteroatoms. The number of hydrogen-bond donors (Lipinski definition) is 2. The van der Waals surface area contributed by atoms with E-state index in [2.05, 4.69) is 26.6 Å². The van der Waals surface area contributed by atoms with Gasteiger partial charge in [-0.05, 0) is 51.5 Å². The van der Waals surface area contributed by atoms with Gasteiger partial charge in [0.1, 0.15) is 11.5 Å². The van der Waals surface area contributed by atoms with Crippen LogP contribution in [0.2, 0.25) is 0 Å². The molecule has 1 aromatic carbocycles. The van der Waals surface area contributed by atoms with Crippen molar-refractivity contribution in [3.63, 3.8) is 0 Å². The molecule has 23 heavy (non-hydrogen) atoms. The van der Waals surface area contributed by atoms with Gasteiger partial charge in [-0.3, -0.25) is 9.59 Å². The van der Waals surface area contributed by atoms with Crippen LogP contribution in [0.5, 0.6) is 0 Å². The largest absolute Gasteiger partial charge is 0.466 e. The molecule has 2 N–H and O–H groups in total. The standard InChI is InChI=1S/C17H19BrN2O3/c1-9-7-13(18)5-6-14(9)20-15(21)8-19-17(22)16-10(2)11(3)23-12(16)4/h5-7H,8H2,1-4H3,(H,19,22)(H,20,21). The van der Waals surface area contributed by atoms with Crippen LogP contribution in [0.1, 0.15) is 33.0 Å². The lowest BCUT2D eigenvalue weighted by atomic mass is 10.1. The van der Waals surface area contributed by atoms with E-state index in [4.69, 9.17) is 4.42 Å². The number of carbonyl (C=O) groups is 2. The molecule has 0 atom stereocenters. The summed E-state index contributed by atoms with van der Waals surface area (Å²) in [6, 6.07) is 5.57. The summed E-state index contributed by atoms with van der Waals surface area (Å²) in [4.78, 5) is 24.2. The van der Waals surface area contributed by atoms with Gasteiger partial charge in [0.25, 0.3) is 5.91 Å². The molecular formula is C17H19BrN2O3. The SMILES string of the molecule is Cc1cc(Br)ccc1NC(=O)CNC(=O)c1c(C)oc(C)c1C. The molecule has 0 fully saturated rings. The Morgan fingerprint density at radius 1 is 1.13 bits per heavy atom. The third-order valence-corrected chi connectivity index (χ3v) is 4.15. The molecule has 0 unspecified atom stereocenters. The zero-order valence-electron chi connectivity index (χ0n) is 13.5. The molecule has 0 saturated heterocycles. The van der Waals surface area contributed by atoms with E-state index in [0.29, 0.717) is 17.1 Å². The summed E-state index contributed by atoms with van der Waals surface area (Å²) in [5.41, 5.74) is 2.95. The number of halogens is 1. The summed E-state index contributed by atoms with van der Waals surface area (Å²) >= 11 is 3.38. The van der Waals surface area contributed by atoms with E-state index in [1.54, 1.807) is 6.92 Å². The molecule has 0 aliphatic rings. The highest BCUT2D eigenvalue weighted by molar-refractivity contribution is 9.10. The van der Waals surface area contributed by atoms with Crippen molar-refractivity contribution in [2.45, 2.75) is 27.7 Å². The van der Waals surface area contributed by atoms with Gasteiger partial charge in [-0.25, -0.2) is 0 Å². The molecule has 0 bridgehead atoms. The average molecular weight is 379 g/mol. The van der Waals surface area contributed by atoms with E-state index in [-0.39, 0.29) is 18.4 Å². The summed E-state index contributed by atoms with van der Waals surface area (Å²) in [5, 5.41) is 5.41. The lowest BCUT2D eigenvalue weighted by Crippen LogP contribution is -2.33. The fraction of sp³-hybridized carbons (Fsp3) is 0.294. The van der Waals surface area contributed by atoms with Gasteiger partial charge in [0, 0.05) is 15.7 Å². The first kappa shape index (κ1) is 17.3. The van der Waals surface area contributed by atoms with Crippen LogP contribution >= 0.6 is 15.9 Å². The molecule has 2 aromatic rings. The first-order valence-electron chi connectivity index (χ1n) is 7.20. The van der Waals surface area contributed by atoms with Gasteiger partial charge < -0.3 is 15.1 Å². The second-order valence-electron chi connectivity index (χ2n) is 5.40. The highest BCUT2D eigenvalue weighted by Crippen LogP contribution is 2.21. The minimum Gasteiger partial charge on any atom is -0.466 e. The van der Waals surface area contributed by atoms with Gasteiger partial charge in [0.05, 0.1) is 12.1 Å². The van der Waals surface area contributed by atoms with Gasteiger partial charge in [0.2, 0.25) is 5.91 Å². The number of nitrogens with one attached hydrogen (secondary N) is 2. The summed E-state index contributed by atoms with van der Waals surface area (Å²) in [5.74, 6) is 0.683. The number of hydrogen-bond acceptors (Lipinski definition) is 3. The van der Waals surface area contributed by atoms with Crippen LogP contribution in [0.4, 0.5) is 5.69 Å². The van der Waals surface area contributed by atoms with E-state index in [0.717, 1.165) is 21.3 Å². The van der Waals surface area contributed by atoms with Crippen molar-refractivity contribution in [3.05, 3.63) is 50.9 Å². The first-order chi connectivity index (χ1) is 10.8. The topological polar surface area (TPSA) is 71.3 Å². The van der Waals surface area contributed by atoms with Gasteiger partial charge in [-0.2, -0.15) is 0 Å². The third-order valence-electron chi connectivity index (χ3n) is 3.66. The van der Waals surface area contributed by atoms with Crippen LogP contribution in [0.3, 0.4) is 0 Å². The van der Waals surface area contributed by atoms with E-state index >= 15 is 0 Å². The smallest absolute Gasteiger partial charge is 0.255 e. The molecule has 122 valence electrons. The highest BCUT2D eigenvalue weighted by Gasteiger charge is 2.19. The Bertz CT molecular complexity index is 765. The zero-order valence-corrected chi connectivity index (χ0v) is 15.1. The summed E-state index contributed by atoms with van der Waals surface area (Å²) in [6.07, 6.45) is 0. The van der Waals surface area contributed by atoms with Crippen LogP contribution < -0.4 is 10.6 Å².